The van der Waals surface area contributed by atoms with Gasteiger partial charge in [-0.15, -0.1) is 0 Å². The lowest BCUT2D eigenvalue weighted by molar-refractivity contribution is 1.50. The van der Waals surface area contributed by atoms with Crippen LogP contribution in [0.4, 0.5) is 0 Å². The average Bonchev–Trinajstić information content (AvgIpc) is 2.59. The molecule has 0 atom stereocenters. The second kappa shape index (κ2) is 13.3. The van der Waals surface area contributed by atoms with E-state index < -0.39 is 0 Å². The molecule has 0 spiro atoms. The van der Waals surface area contributed by atoms with Crippen LogP contribution in [0.5, 0.6) is 0 Å². The molecular formula is C23H32. The van der Waals surface area contributed by atoms with Crippen LogP contribution < -0.4 is 0 Å². The molecule has 2 aromatic rings. The first-order chi connectivity index (χ1) is 10.3. The van der Waals surface area contributed by atoms with Gasteiger partial charge in [0.1, 0.15) is 0 Å². The first-order valence-electron chi connectivity index (χ1n) is 7.46. The fraction of sp³-hybridized carbons (Fsp3) is 0.217. The number of hydrogen-bond donors (Lipinski definition) is 0. The van der Waals surface area contributed by atoms with Gasteiger partial charge in [0.05, 0.1) is 0 Å². The van der Waals surface area contributed by atoms with Gasteiger partial charge < -0.3 is 0 Å². The molecule has 0 aliphatic rings. The second-order valence-corrected chi connectivity index (χ2v) is 4.28. The Kier molecular flexibility index (Phi) is 13.3. The van der Waals surface area contributed by atoms with Gasteiger partial charge in [0, 0.05) is 0 Å². The predicted octanol–water partition coefficient (Wildman–Crippen LogP) is 7.66. The van der Waals surface area contributed by atoms with Crippen molar-refractivity contribution in [2.24, 2.45) is 0 Å². The molecule has 0 heteroatoms. The molecule has 0 bridgehead atoms. The van der Waals surface area contributed by atoms with Gasteiger partial charge in [-0.25, -0.2) is 0 Å². The van der Waals surface area contributed by atoms with Crippen molar-refractivity contribution >= 4 is 11.1 Å². The number of hydrogen-bond acceptors (Lipinski definition) is 0. The number of rotatable bonds is 4. The highest BCUT2D eigenvalue weighted by atomic mass is 14.0. The minimum atomic E-state index is 0. The van der Waals surface area contributed by atoms with Crippen LogP contribution in [0, 0.1) is 0 Å². The summed E-state index contributed by atoms with van der Waals surface area (Å²) in [4.78, 5) is 0. The van der Waals surface area contributed by atoms with Crippen molar-refractivity contribution in [1.29, 1.82) is 0 Å². The Labute approximate surface area is 143 Å². The Hall–Kier alpha value is -2.34. The molecule has 23 heavy (non-hydrogen) atoms. The molecular weight excluding hydrogens is 276 g/mol. The third-order valence-electron chi connectivity index (χ3n) is 3.06. The van der Waals surface area contributed by atoms with Crippen LogP contribution in [0.25, 0.3) is 11.1 Å². The Bertz CT molecular complexity index is 586. The SMILES string of the molecule is C.C.C=C/C(=C\C(=C/C)c1ccccc1)c1ccccc1.CC. The summed E-state index contributed by atoms with van der Waals surface area (Å²) in [7, 11) is 0. The van der Waals surface area contributed by atoms with E-state index in [1.165, 1.54) is 16.7 Å². The molecule has 0 saturated carbocycles. The Morgan fingerprint density at radius 1 is 0.739 bits per heavy atom. The highest BCUT2D eigenvalue weighted by molar-refractivity contribution is 5.87. The van der Waals surface area contributed by atoms with Crippen molar-refractivity contribution in [3.8, 4) is 0 Å². The minimum absolute atomic E-state index is 0. The molecule has 0 saturated heterocycles. The maximum absolute atomic E-state index is 3.92. The normalized spacial score (nSPS) is 10.4. The van der Waals surface area contributed by atoms with E-state index in [1.54, 1.807) is 0 Å². The highest BCUT2D eigenvalue weighted by Crippen LogP contribution is 2.23. The third kappa shape index (κ3) is 6.97. The first kappa shape index (κ1) is 22.9. The zero-order valence-corrected chi connectivity index (χ0v) is 13.2. The topological polar surface area (TPSA) is 0 Å². The van der Waals surface area contributed by atoms with Crippen molar-refractivity contribution in [3.63, 3.8) is 0 Å². The average molecular weight is 309 g/mol. The van der Waals surface area contributed by atoms with Gasteiger partial charge in [-0.05, 0) is 35.3 Å². The summed E-state index contributed by atoms with van der Waals surface area (Å²) in [5.41, 5.74) is 4.75. The van der Waals surface area contributed by atoms with Gasteiger partial charge in [0.15, 0.2) is 0 Å². The van der Waals surface area contributed by atoms with Gasteiger partial charge in [0.25, 0.3) is 0 Å². The number of benzene rings is 2. The van der Waals surface area contributed by atoms with E-state index in [2.05, 4.69) is 62.1 Å². The van der Waals surface area contributed by atoms with Gasteiger partial charge in [-0.1, -0.05) is 108 Å². The van der Waals surface area contributed by atoms with E-state index in [9.17, 15) is 0 Å². The fourth-order valence-electron chi connectivity index (χ4n) is 2.02. The molecule has 0 aliphatic carbocycles. The molecule has 0 heterocycles. The Morgan fingerprint density at radius 3 is 1.48 bits per heavy atom. The van der Waals surface area contributed by atoms with Crippen LogP contribution in [0.15, 0.2) is 85.5 Å². The Balaban J connectivity index is 0. The molecule has 2 aromatic carbocycles. The van der Waals surface area contributed by atoms with Crippen LogP contribution in [-0.2, 0) is 0 Å². The maximum Gasteiger partial charge on any atom is -0.0184 e. The van der Waals surface area contributed by atoms with E-state index in [1.807, 2.05) is 44.2 Å². The molecule has 0 aromatic heterocycles. The largest absolute Gasteiger partial charge is 0.0984 e. The summed E-state index contributed by atoms with van der Waals surface area (Å²) in [6.45, 7) is 9.98. The lowest BCUT2D eigenvalue weighted by Crippen LogP contribution is -1.84. The van der Waals surface area contributed by atoms with Gasteiger partial charge in [0.2, 0.25) is 0 Å². The van der Waals surface area contributed by atoms with E-state index in [4.69, 9.17) is 0 Å². The highest BCUT2D eigenvalue weighted by Gasteiger charge is 2.00. The predicted molar refractivity (Wildman–Crippen MR) is 110 cm³/mol. The summed E-state index contributed by atoms with van der Waals surface area (Å²) in [5, 5.41) is 0. The lowest BCUT2D eigenvalue weighted by Gasteiger charge is -2.06. The number of allylic oxidation sites excluding steroid dienone is 5. The molecule has 0 amide bonds. The van der Waals surface area contributed by atoms with Crippen molar-refractivity contribution in [2.45, 2.75) is 35.6 Å². The smallest absolute Gasteiger partial charge is 0.0184 e. The second-order valence-electron chi connectivity index (χ2n) is 4.28. The van der Waals surface area contributed by atoms with Crippen LogP contribution in [-0.4, -0.2) is 0 Å². The monoisotopic (exact) mass is 308 g/mol. The van der Waals surface area contributed by atoms with E-state index >= 15 is 0 Å². The van der Waals surface area contributed by atoms with Gasteiger partial charge in [-0.3, -0.25) is 0 Å². The van der Waals surface area contributed by atoms with Crippen LogP contribution >= 0.6 is 0 Å². The lowest BCUT2D eigenvalue weighted by atomic mass is 9.99. The van der Waals surface area contributed by atoms with Crippen molar-refractivity contribution in [2.75, 3.05) is 0 Å². The maximum atomic E-state index is 3.92. The van der Waals surface area contributed by atoms with Crippen LogP contribution in [0.1, 0.15) is 46.8 Å². The van der Waals surface area contributed by atoms with Crippen LogP contribution in [0.2, 0.25) is 0 Å². The van der Waals surface area contributed by atoms with E-state index in [0.29, 0.717) is 0 Å². The summed E-state index contributed by atoms with van der Waals surface area (Å²) >= 11 is 0. The van der Waals surface area contributed by atoms with Crippen molar-refractivity contribution in [1.82, 2.24) is 0 Å². The molecule has 2 rings (SSSR count). The molecule has 0 radical (unpaired) electrons. The summed E-state index contributed by atoms with van der Waals surface area (Å²) in [6.07, 6.45) is 6.21. The molecule has 124 valence electrons. The first-order valence-corrected chi connectivity index (χ1v) is 7.46. The molecule has 0 unspecified atom stereocenters. The molecule has 0 aliphatic heterocycles. The molecule has 0 nitrogen and oxygen atoms in total. The van der Waals surface area contributed by atoms with Crippen molar-refractivity contribution in [3.05, 3.63) is 96.6 Å². The third-order valence-corrected chi connectivity index (χ3v) is 3.06. The van der Waals surface area contributed by atoms with E-state index in [0.717, 1.165) is 5.57 Å². The van der Waals surface area contributed by atoms with Crippen molar-refractivity contribution < 1.29 is 0 Å². The standard InChI is InChI=1S/C19H18.C2H6.2CH4/c1-3-16(18-11-7-5-8-12-18)15-17(4-2)19-13-9-6-10-14-19;1-2;;/h3-15H,1H2,2H3;1-2H3;2*1H4/b16-15+,17-4+;;;. The molecule has 0 N–H and O–H groups in total. The van der Waals surface area contributed by atoms with Crippen LogP contribution in [0.3, 0.4) is 0 Å². The fourth-order valence-corrected chi connectivity index (χ4v) is 2.02. The zero-order chi connectivity index (χ0) is 15.5. The van der Waals surface area contributed by atoms with E-state index in [-0.39, 0.29) is 14.9 Å². The minimum Gasteiger partial charge on any atom is -0.0984 e. The Morgan fingerprint density at radius 2 is 1.13 bits per heavy atom. The zero-order valence-electron chi connectivity index (χ0n) is 13.2. The summed E-state index contributed by atoms with van der Waals surface area (Å²) < 4.78 is 0. The summed E-state index contributed by atoms with van der Waals surface area (Å²) in [5.74, 6) is 0. The molecule has 0 fully saturated rings. The van der Waals surface area contributed by atoms with Gasteiger partial charge in [-0.2, -0.15) is 0 Å². The summed E-state index contributed by atoms with van der Waals surface area (Å²) in [6, 6.07) is 20.7. The van der Waals surface area contributed by atoms with Gasteiger partial charge >= 0.3 is 0 Å². The quantitative estimate of drug-likeness (QED) is 0.508.